The standard InChI is InChI=1S/C23H34O2/c1-5-16-7-9-20-19-8-6-17-14-18(25-15(2)24)10-12-23(17,4)21(19)11-13-22(16,20)3/h5-6,18-21H,7-14H2,1-4H3/b16-5-/t18-,19+,20+,21+,22+,23-/m0/s1. The van der Waals surface area contributed by atoms with Crippen molar-refractivity contribution in [3.63, 3.8) is 0 Å². The molecule has 6 atom stereocenters. The van der Waals surface area contributed by atoms with Crippen molar-refractivity contribution < 1.29 is 9.53 Å². The Balaban J connectivity index is 1.60. The molecule has 0 aromatic carbocycles. The lowest BCUT2D eigenvalue weighted by molar-refractivity contribution is -0.148. The Bertz CT molecular complexity index is 630. The van der Waals surface area contributed by atoms with Crippen LogP contribution >= 0.6 is 0 Å². The van der Waals surface area contributed by atoms with E-state index < -0.39 is 0 Å². The number of ether oxygens (including phenoxy) is 1. The first-order valence-corrected chi connectivity index (χ1v) is 10.4. The van der Waals surface area contributed by atoms with Gasteiger partial charge in [0.25, 0.3) is 0 Å². The van der Waals surface area contributed by atoms with Gasteiger partial charge in [-0.2, -0.15) is 0 Å². The molecular weight excluding hydrogens is 308 g/mol. The molecule has 0 unspecified atom stereocenters. The highest BCUT2D eigenvalue weighted by Gasteiger charge is 2.57. The van der Waals surface area contributed by atoms with E-state index in [2.05, 4.69) is 32.9 Å². The van der Waals surface area contributed by atoms with Crippen LogP contribution in [0.4, 0.5) is 0 Å². The fourth-order valence-corrected chi connectivity index (χ4v) is 7.28. The smallest absolute Gasteiger partial charge is 0.302 e. The molecule has 0 aliphatic heterocycles. The molecule has 0 radical (unpaired) electrons. The van der Waals surface area contributed by atoms with Gasteiger partial charge in [-0.1, -0.05) is 37.1 Å². The average Bonchev–Trinajstić information content (AvgIpc) is 2.91. The quantitative estimate of drug-likeness (QED) is 0.443. The Labute approximate surface area is 153 Å². The van der Waals surface area contributed by atoms with Gasteiger partial charge in [0.1, 0.15) is 6.10 Å². The van der Waals surface area contributed by atoms with Crippen molar-refractivity contribution in [1.29, 1.82) is 0 Å². The number of esters is 1. The van der Waals surface area contributed by atoms with Crippen LogP contribution in [0.3, 0.4) is 0 Å². The van der Waals surface area contributed by atoms with Gasteiger partial charge in [-0.3, -0.25) is 4.79 Å². The summed E-state index contributed by atoms with van der Waals surface area (Å²) in [6, 6.07) is 0. The van der Waals surface area contributed by atoms with Crippen molar-refractivity contribution in [3.8, 4) is 0 Å². The summed E-state index contributed by atoms with van der Waals surface area (Å²) >= 11 is 0. The summed E-state index contributed by atoms with van der Waals surface area (Å²) < 4.78 is 5.55. The minimum absolute atomic E-state index is 0.114. The van der Waals surface area contributed by atoms with Gasteiger partial charge in [0, 0.05) is 13.3 Å². The minimum atomic E-state index is -0.124. The molecule has 2 heteroatoms. The molecule has 3 saturated carbocycles. The third-order valence-electron chi connectivity index (χ3n) is 8.59. The predicted molar refractivity (Wildman–Crippen MR) is 101 cm³/mol. The van der Waals surface area contributed by atoms with Gasteiger partial charge >= 0.3 is 5.97 Å². The minimum Gasteiger partial charge on any atom is -0.462 e. The van der Waals surface area contributed by atoms with Gasteiger partial charge in [-0.25, -0.2) is 0 Å². The molecule has 4 aliphatic carbocycles. The molecule has 0 heterocycles. The fourth-order valence-electron chi connectivity index (χ4n) is 7.28. The maximum Gasteiger partial charge on any atom is 0.302 e. The van der Waals surface area contributed by atoms with Gasteiger partial charge in [0.2, 0.25) is 0 Å². The second kappa shape index (κ2) is 5.99. The molecule has 2 nitrogen and oxygen atoms in total. The zero-order chi connectivity index (χ0) is 17.8. The number of carbonyl (C=O) groups excluding carboxylic acids is 1. The molecule has 0 saturated heterocycles. The maximum atomic E-state index is 11.4. The molecule has 0 spiro atoms. The van der Waals surface area contributed by atoms with E-state index >= 15 is 0 Å². The summed E-state index contributed by atoms with van der Waals surface area (Å²) in [5, 5.41) is 0. The summed E-state index contributed by atoms with van der Waals surface area (Å²) in [4.78, 5) is 11.4. The molecular formula is C23H34O2. The Morgan fingerprint density at radius 3 is 2.60 bits per heavy atom. The predicted octanol–water partition coefficient (Wildman–Crippen LogP) is 5.83. The van der Waals surface area contributed by atoms with Crippen LogP contribution in [-0.4, -0.2) is 12.1 Å². The number of allylic oxidation sites excluding steroid dienone is 3. The molecule has 4 aliphatic rings. The van der Waals surface area contributed by atoms with Gasteiger partial charge in [0.05, 0.1) is 0 Å². The van der Waals surface area contributed by atoms with Crippen molar-refractivity contribution >= 4 is 5.97 Å². The zero-order valence-corrected chi connectivity index (χ0v) is 16.4. The number of fused-ring (bicyclic) bond motifs is 5. The number of hydrogen-bond acceptors (Lipinski definition) is 2. The van der Waals surface area contributed by atoms with Crippen molar-refractivity contribution in [2.24, 2.45) is 28.6 Å². The SMILES string of the molecule is C/C=C1/CC[C@@H]2[C@H]3CC=C4C[C@@H](OC(C)=O)CC[C@]4(C)[C@@H]3CC[C@]12C. The van der Waals surface area contributed by atoms with Crippen LogP contribution in [0.15, 0.2) is 23.3 Å². The second-order valence-corrected chi connectivity index (χ2v) is 9.54. The monoisotopic (exact) mass is 342 g/mol. The molecule has 0 bridgehead atoms. The fraction of sp³-hybridized carbons (Fsp3) is 0.783. The van der Waals surface area contributed by atoms with E-state index in [-0.39, 0.29) is 12.1 Å². The molecule has 0 amide bonds. The first-order chi connectivity index (χ1) is 11.9. The van der Waals surface area contributed by atoms with Crippen molar-refractivity contribution in [2.45, 2.75) is 85.2 Å². The zero-order valence-electron chi connectivity index (χ0n) is 16.4. The molecule has 4 rings (SSSR count). The molecule has 3 fully saturated rings. The summed E-state index contributed by atoms with van der Waals surface area (Å²) in [6.45, 7) is 8.86. The summed E-state index contributed by atoms with van der Waals surface area (Å²) in [5.41, 5.74) is 4.14. The van der Waals surface area contributed by atoms with E-state index in [1.54, 1.807) is 18.1 Å². The number of rotatable bonds is 1. The van der Waals surface area contributed by atoms with Crippen molar-refractivity contribution in [1.82, 2.24) is 0 Å². The Morgan fingerprint density at radius 2 is 1.88 bits per heavy atom. The van der Waals surface area contributed by atoms with Crippen LogP contribution in [0.2, 0.25) is 0 Å². The second-order valence-electron chi connectivity index (χ2n) is 9.54. The number of hydrogen-bond donors (Lipinski definition) is 0. The van der Waals surface area contributed by atoms with Gasteiger partial charge < -0.3 is 4.74 Å². The highest BCUT2D eigenvalue weighted by Crippen LogP contribution is 2.66. The highest BCUT2D eigenvalue weighted by atomic mass is 16.5. The van der Waals surface area contributed by atoms with E-state index in [0.717, 1.165) is 30.6 Å². The summed E-state index contributed by atoms with van der Waals surface area (Å²) in [6.07, 6.45) is 15.0. The molecule has 0 aromatic rings. The Kier molecular flexibility index (Phi) is 4.16. The van der Waals surface area contributed by atoms with Crippen LogP contribution in [0, 0.1) is 28.6 Å². The Hall–Kier alpha value is -1.05. The van der Waals surface area contributed by atoms with Gasteiger partial charge in [0.15, 0.2) is 0 Å². The lowest BCUT2D eigenvalue weighted by Gasteiger charge is -2.57. The van der Waals surface area contributed by atoms with Crippen LogP contribution in [0.25, 0.3) is 0 Å². The van der Waals surface area contributed by atoms with Crippen molar-refractivity contribution in [2.75, 3.05) is 0 Å². The first-order valence-electron chi connectivity index (χ1n) is 10.4. The van der Waals surface area contributed by atoms with Gasteiger partial charge in [-0.15, -0.1) is 0 Å². The third-order valence-corrected chi connectivity index (χ3v) is 8.59. The topological polar surface area (TPSA) is 26.3 Å². The largest absolute Gasteiger partial charge is 0.462 e. The molecule has 0 aromatic heterocycles. The Morgan fingerprint density at radius 1 is 1.16 bits per heavy atom. The average molecular weight is 343 g/mol. The van der Waals surface area contributed by atoms with E-state index in [9.17, 15) is 4.79 Å². The normalized spacial score (nSPS) is 47.5. The lowest BCUT2D eigenvalue weighted by Crippen LogP contribution is -2.49. The number of carbonyl (C=O) groups is 1. The highest BCUT2D eigenvalue weighted by molar-refractivity contribution is 5.66. The molecule has 0 N–H and O–H groups in total. The van der Waals surface area contributed by atoms with E-state index in [1.807, 2.05) is 0 Å². The molecule has 138 valence electrons. The molecule has 25 heavy (non-hydrogen) atoms. The van der Waals surface area contributed by atoms with E-state index in [4.69, 9.17) is 4.74 Å². The van der Waals surface area contributed by atoms with Crippen LogP contribution < -0.4 is 0 Å². The summed E-state index contributed by atoms with van der Waals surface area (Å²) in [5.74, 6) is 2.44. The lowest BCUT2D eigenvalue weighted by atomic mass is 9.48. The maximum absolute atomic E-state index is 11.4. The van der Waals surface area contributed by atoms with Crippen LogP contribution in [0.1, 0.15) is 79.1 Å². The first kappa shape index (κ1) is 17.4. The van der Waals surface area contributed by atoms with E-state index in [1.165, 1.54) is 38.5 Å². The van der Waals surface area contributed by atoms with Gasteiger partial charge in [-0.05, 0) is 80.5 Å². The van der Waals surface area contributed by atoms with Crippen LogP contribution in [-0.2, 0) is 9.53 Å². The van der Waals surface area contributed by atoms with Crippen LogP contribution in [0.5, 0.6) is 0 Å². The van der Waals surface area contributed by atoms with E-state index in [0.29, 0.717) is 10.8 Å². The third kappa shape index (κ3) is 2.54. The summed E-state index contributed by atoms with van der Waals surface area (Å²) in [7, 11) is 0. The van der Waals surface area contributed by atoms with Crippen molar-refractivity contribution in [3.05, 3.63) is 23.3 Å².